The van der Waals surface area contributed by atoms with Crippen molar-refractivity contribution < 1.29 is 28.8 Å². The fraction of sp³-hybridized carbons (Fsp3) is 0.750. The van der Waals surface area contributed by atoms with Crippen molar-refractivity contribution in [1.29, 1.82) is 0 Å². The van der Waals surface area contributed by atoms with Gasteiger partial charge in [-0.25, -0.2) is 9.59 Å². The van der Waals surface area contributed by atoms with Gasteiger partial charge in [-0.15, -0.1) is 5.06 Å². The van der Waals surface area contributed by atoms with Crippen LogP contribution < -0.4 is 0 Å². The fourth-order valence-electron chi connectivity index (χ4n) is 2.18. The maximum absolute atomic E-state index is 12.3. The average Bonchev–Trinajstić information content (AvgIpc) is 2.87. The Morgan fingerprint density at radius 3 is 2.37 bits per heavy atom. The molecule has 1 rings (SSSR count). The first-order chi connectivity index (χ1) is 12.6. The molecule has 11 heteroatoms. The summed E-state index contributed by atoms with van der Waals surface area (Å²) in [5.74, 6) is -1.91. The van der Waals surface area contributed by atoms with Crippen LogP contribution in [0.4, 0.5) is 4.79 Å². The summed E-state index contributed by atoms with van der Waals surface area (Å²) in [5, 5.41) is 3.89. The molecule has 0 unspecified atom stereocenters. The number of imide groups is 1. The van der Waals surface area contributed by atoms with Crippen LogP contribution in [0.15, 0.2) is 5.11 Å². The van der Waals surface area contributed by atoms with Gasteiger partial charge in [0.05, 0.1) is 6.42 Å². The smallest absolute Gasteiger partial charge is 0.410 e. The molecule has 1 heterocycles. The lowest BCUT2D eigenvalue weighted by Gasteiger charge is -2.27. The van der Waals surface area contributed by atoms with E-state index in [-0.39, 0.29) is 25.8 Å². The minimum absolute atomic E-state index is 0.00544. The summed E-state index contributed by atoms with van der Waals surface area (Å²) in [4.78, 5) is 55.9. The van der Waals surface area contributed by atoms with Crippen LogP contribution >= 0.6 is 0 Å². The van der Waals surface area contributed by atoms with Crippen molar-refractivity contribution in [2.45, 2.75) is 58.5 Å². The molecule has 1 fully saturated rings. The van der Waals surface area contributed by atoms with Gasteiger partial charge >= 0.3 is 12.1 Å². The summed E-state index contributed by atoms with van der Waals surface area (Å²) < 4.78 is 5.31. The van der Waals surface area contributed by atoms with Crippen molar-refractivity contribution in [3.63, 3.8) is 0 Å². The Kier molecular flexibility index (Phi) is 8.53. The number of ether oxygens (including phenoxy) is 1. The molecule has 0 aliphatic carbocycles. The number of carbonyl (C=O) groups excluding carboxylic acids is 4. The first-order valence-corrected chi connectivity index (χ1v) is 8.69. The third-order valence-corrected chi connectivity index (χ3v) is 3.44. The number of unbranched alkanes of at least 4 members (excludes halogenated alkanes) is 1. The van der Waals surface area contributed by atoms with Gasteiger partial charge in [-0.2, -0.15) is 0 Å². The first kappa shape index (κ1) is 22.2. The minimum atomic E-state index is -0.791. The molecule has 0 aromatic rings. The van der Waals surface area contributed by atoms with Crippen LogP contribution in [0.3, 0.4) is 0 Å². The van der Waals surface area contributed by atoms with Gasteiger partial charge in [0.1, 0.15) is 5.60 Å². The number of carbonyl (C=O) groups is 4. The van der Waals surface area contributed by atoms with Crippen LogP contribution in [0.2, 0.25) is 0 Å². The zero-order chi connectivity index (χ0) is 20.4. The van der Waals surface area contributed by atoms with E-state index in [0.29, 0.717) is 31.0 Å². The predicted molar refractivity (Wildman–Crippen MR) is 92.9 cm³/mol. The molecule has 0 atom stereocenters. The Morgan fingerprint density at radius 2 is 1.81 bits per heavy atom. The van der Waals surface area contributed by atoms with E-state index in [1.165, 1.54) is 4.90 Å². The lowest BCUT2D eigenvalue weighted by atomic mass is 10.2. The molecule has 0 aromatic heterocycles. The third kappa shape index (κ3) is 8.41. The standard InChI is InChI=1S/C16H25N5O6/c1-16(2,3)26-15(25)20(10-5-4-9-18-19-17)11-8-14(24)27-21-12(22)6-7-13(21)23/h4-11H2,1-3H3. The molecular formula is C16H25N5O6. The molecule has 0 aromatic carbocycles. The Bertz CT molecular complexity index is 607. The molecule has 0 saturated carbocycles. The van der Waals surface area contributed by atoms with Gasteiger partial charge in [0, 0.05) is 37.4 Å². The molecule has 150 valence electrons. The lowest BCUT2D eigenvalue weighted by Crippen LogP contribution is -2.39. The van der Waals surface area contributed by atoms with Gasteiger partial charge in [0.2, 0.25) is 0 Å². The van der Waals surface area contributed by atoms with Crippen molar-refractivity contribution in [3.8, 4) is 0 Å². The normalized spacial score (nSPS) is 14.0. The van der Waals surface area contributed by atoms with Crippen LogP contribution in [0, 0.1) is 0 Å². The SMILES string of the molecule is CC(C)(C)OC(=O)N(CCCCN=[N+]=[N-])CCC(=O)ON1C(=O)CCC1=O. The monoisotopic (exact) mass is 383 g/mol. The van der Waals surface area contributed by atoms with E-state index in [2.05, 4.69) is 10.0 Å². The highest BCUT2D eigenvalue weighted by Crippen LogP contribution is 2.14. The number of hydroxylamine groups is 2. The molecule has 3 amide bonds. The zero-order valence-corrected chi connectivity index (χ0v) is 15.8. The summed E-state index contributed by atoms with van der Waals surface area (Å²) in [7, 11) is 0. The summed E-state index contributed by atoms with van der Waals surface area (Å²) in [5.41, 5.74) is 7.56. The number of rotatable bonds is 9. The summed E-state index contributed by atoms with van der Waals surface area (Å²) in [6, 6.07) is 0. The molecule has 1 aliphatic rings. The highest BCUT2D eigenvalue weighted by atomic mass is 16.7. The Hall–Kier alpha value is -2.81. The largest absolute Gasteiger partial charge is 0.444 e. The van der Waals surface area contributed by atoms with Gasteiger partial charge in [-0.05, 0) is 39.1 Å². The Labute approximate surface area is 157 Å². The maximum Gasteiger partial charge on any atom is 0.410 e. The van der Waals surface area contributed by atoms with Gasteiger partial charge in [-0.1, -0.05) is 5.11 Å². The van der Waals surface area contributed by atoms with Crippen molar-refractivity contribution in [3.05, 3.63) is 10.4 Å². The highest BCUT2D eigenvalue weighted by Gasteiger charge is 2.33. The Balaban J connectivity index is 2.56. The minimum Gasteiger partial charge on any atom is -0.444 e. The number of amides is 3. The number of azide groups is 1. The van der Waals surface area contributed by atoms with Gasteiger partial charge < -0.3 is 14.5 Å². The maximum atomic E-state index is 12.3. The van der Waals surface area contributed by atoms with E-state index in [0.717, 1.165) is 0 Å². The van der Waals surface area contributed by atoms with Crippen LogP contribution in [-0.2, 0) is 24.0 Å². The van der Waals surface area contributed by atoms with Crippen LogP contribution in [0.5, 0.6) is 0 Å². The second-order valence-electron chi connectivity index (χ2n) is 6.92. The number of hydrogen-bond acceptors (Lipinski definition) is 7. The van der Waals surface area contributed by atoms with Crippen molar-refractivity contribution in [2.24, 2.45) is 5.11 Å². The van der Waals surface area contributed by atoms with Gasteiger partial charge in [0.15, 0.2) is 0 Å². The van der Waals surface area contributed by atoms with E-state index in [1.54, 1.807) is 20.8 Å². The predicted octanol–water partition coefficient (Wildman–Crippen LogP) is 2.31. The molecule has 0 bridgehead atoms. The molecule has 0 spiro atoms. The lowest BCUT2D eigenvalue weighted by molar-refractivity contribution is -0.197. The summed E-state index contributed by atoms with van der Waals surface area (Å²) >= 11 is 0. The zero-order valence-electron chi connectivity index (χ0n) is 15.8. The topological polar surface area (TPSA) is 142 Å². The molecule has 27 heavy (non-hydrogen) atoms. The summed E-state index contributed by atoms with van der Waals surface area (Å²) in [6.07, 6.45) is 0.364. The van der Waals surface area contributed by atoms with Crippen molar-refractivity contribution >= 4 is 23.9 Å². The Morgan fingerprint density at radius 1 is 1.19 bits per heavy atom. The molecule has 0 N–H and O–H groups in total. The fourth-order valence-corrected chi connectivity index (χ4v) is 2.18. The molecule has 11 nitrogen and oxygen atoms in total. The van der Waals surface area contributed by atoms with E-state index in [9.17, 15) is 19.2 Å². The highest BCUT2D eigenvalue weighted by molar-refractivity contribution is 6.01. The van der Waals surface area contributed by atoms with Gasteiger partial charge in [0.25, 0.3) is 11.8 Å². The van der Waals surface area contributed by atoms with Gasteiger partial charge in [-0.3, -0.25) is 9.59 Å². The molecular weight excluding hydrogens is 358 g/mol. The number of hydrogen-bond donors (Lipinski definition) is 0. The summed E-state index contributed by atoms with van der Waals surface area (Å²) in [6.45, 7) is 5.78. The van der Waals surface area contributed by atoms with Crippen LogP contribution in [0.1, 0.15) is 52.9 Å². The van der Waals surface area contributed by atoms with E-state index < -0.39 is 29.5 Å². The third-order valence-electron chi connectivity index (χ3n) is 3.44. The van der Waals surface area contributed by atoms with E-state index in [4.69, 9.17) is 15.1 Å². The second kappa shape index (κ2) is 10.4. The quantitative estimate of drug-likeness (QED) is 0.196. The molecule has 0 radical (unpaired) electrons. The van der Waals surface area contributed by atoms with E-state index in [1.807, 2.05) is 0 Å². The number of nitrogens with zero attached hydrogens (tertiary/aromatic N) is 5. The average molecular weight is 383 g/mol. The molecule has 1 aliphatic heterocycles. The second-order valence-corrected chi connectivity index (χ2v) is 6.92. The van der Waals surface area contributed by atoms with Crippen LogP contribution in [-0.4, -0.2) is 59.1 Å². The van der Waals surface area contributed by atoms with Crippen molar-refractivity contribution in [2.75, 3.05) is 19.6 Å². The van der Waals surface area contributed by atoms with Crippen LogP contribution in [0.25, 0.3) is 10.4 Å². The van der Waals surface area contributed by atoms with Crippen molar-refractivity contribution in [1.82, 2.24) is 9.96 Å². The molecule has 1 saturated heterocycles. The van der Waals surface area contributed by atoms with E-state index >= 15 is 0 Å². The first-order valence-electron chi connectivity index (χ1n) is 8.69.